The zero-order chi connectivity index (χ0) is 12.1. The molecule has 0 heterocycles. The van der Waals surface area contributed by atoms with Crippen LogP contribution in [0, 0.1) is 6.92 Å². The summed E-state index contributed by atoms with van der Waals surface area (Å²) in [5, 5.41) is 11.8. The molecule has 1 amide bonds. The van der Waals surface area contributed by atoms with Crippen LogP contribution in [0.2, 0.25) is 0 Å². The predicted octanol–water partition coefficient (Wildman–Crippen LogP) is 1.65. The van der Waals surface area contributed by atoms with Crippen LogP contribution in [0.4, 0.5) is 4.79 Å². The molecule has 0 fully saturated rings. The molecule has 15 heavy (non-hydrogen) atoms. The molecule has 0 aromatic heterocycles. The minimum atomic E-state index is -0.879. The van der Waals surface area contributed by atoms with Gasteiger partial charge >= 0.3 is 6.09 Å². The van der Waals surface area contributed by atoms with Crippen molar-refractivity contribution in [3.63, 3.8) is 0 Å². The van der Waals surface area contributed by atoms with E-state index in [-0.39, 0.29) is 0 Å². The van der Waals surface area contributed by atoms with E-state index in [0.29, 0.717) is 6.42 Å². The molecule has 0 saturated heterocycles. The average molecular weight is 214 g/mol. The maximum absolute atomic E-state index is 11.3. The Morgan fingerprint density at radius 1 is 1.60 bits per heavy atom. The van der Waals surface area contributed by atoms with Crippen molar-refractivity contribution < 1.29 is 14.6 Å². The zero-order valence-corrected chi connectivity index (χ0v) is 9.62. The SMILES string of the molecule is [CH2][C@H](O)[C@@H](CC=C)NC(=O)OC(C)(C)C. The monoisotopic (exact) mass is 214 g/mol. The lowest BCUT2D eigenvalue weighted by Crippen LogP contribution is -2.44. The number of nitrogens with one attached hydrogen (secondary N) is 1. The Labute approximate surface area is 91.3 Å². The molecular weight excluding hydrogens is 194 g/mol. The molecule has 0 aliphatic carbocycles. The summed E-state index contributed by atoms with van der Waals surface area (Å²) >= 11 is 0. The van der Waals surface area contributed by atoms with Crippen molar-refractivity contribution in [1.29, 1.82) is 0 Å². The summed E-state index contributed by atoms with van der Waals surface area (Å²) in [4.78, 5) is 11.3. The number of amides is 1. The van der Waals surface area contributed by atoms with Crippen LogP contribution in [-0.2, 0) is 4.74 Å². The summed E-state index contributed by atoms with van der Waals surface area (Å²) in [7, 11) is 0. The molecule has 4 heteroatoms. The lowest BCUT2D eigenvalue weighted by atomic mass is 10.1. The van der Waals surface area contributed by atoms with E-state index >= 15 is 0 Å². The number of aliphatic hydroxyl groups is 1. The number of carbonyl (C=O) groups is 1. The van der Waals surface area contributed by atoms with E-state index in [2.05, 4.69) is 18.8 Å². The van der Waals surface area contributed by atoms with Crippen LogP contribution in [-0.4, -0.2) is 28.9 Å². The van der Waals surface area contributed by atoms with Gasteiger partial charge in [-0.1, -0.05) is 6.08 Å². The van der Waals surface area contributed by atoms with Crippen molar-refractivity contribution in [1.82, 2.24) is 5.32 Å². The van der Waals surface area contributed by atoms with Crippen molar-refractivity contribution in [2.45, 2.75) is 44.9 Å². The molecule has 0 saturated carbocycles. The normalized spacial score (nSPS) is 15.3. The second-order valence-electron chi connectivity index (χ2n) is 4.34. The Morgan fingerprint density at radius 3 is 2.47 bits per heavy atom. The minimum Gasteiger partial charge on any atom is -0.444 e. The van der Waals surface area contributed by atoms with Gasteiger partial charge in [0.1, 0.15) is 5.60 Å². The molecular formula is C11H20NO3. The van der Waals surface area contributed by atoms with Crippen molar-refractivity contribution >= 4 is 6.09 Å². The van der Waals surface area contributed by atoms with Gasteiger partial charge in [-0.05, 0) is 34.1 Å². The van der Waals surface area contributed by atoms with Gasteiger partial charge in [-0.25, -0.2) is 4.79 Å². The molecule has 0 rings (SSSR count). The third kappa shape index (κ3) is 6.96. The lowest BCUT2D eigenvalue weighted by Gasteiger charge is -2.24. The molecule has 0 aliphatic heterocycles. The van der Waals surface area contributed by atoms with Crippen molar-refractivity contribution in [3.05, 3.63) is 19.6 Å². The van der Waals surface area contributed by atoms with Crippen LogP contribution in [0.15, 0.2) is 12.7 Å². The highest BCUT2D eigenvalue weighted by Crippen LogP contribution is 2.08. The summed E-state index contributed by atoms with van der Waals surface area (Å²) in [6.07, 6.45) is 0.618. The van der Waals surface area contributed by atoms with E-state index in [1.54, 1.807) is 26.8 Å². The highest BCUT2D eigenvalue weighted by molar-refractivity contribution is 5.68. The second-order valence-corrected chi connectivity index (χ2v) is 4.34. The fraction of sp³-hybridized carbons (Fsp3) is 0.636. The Balaban J connectivity index is 4.17. The van der Waals surface area contributed by atoms with Gasteiger partial charge in [0.05, 0.1) is 12.1 Å². The maximum Gasteiger partial charge on any atom is 0.407 e. The van der Waals surface area contributed by atoms with E-state index in [1.807, 2.05) is 0 Å². The van der Waals surface area contributed by atoms with Crippen LogP contribution in [0.3, 0.4) is 0 Å². The first-order valence-electron chi connectivity index (χ1n) is 4.88. The summed E-state index contributed by atoms with van der Waals surface area (Å²) in [5.41, 5.74) is -0.547. The van der Waals surface area contributed by atoms with Crippen LogP contribution < -0.4 is 5.32 Å². The number of hydrogen-bond acceptors (Lipinski definition) is 3. The standard InChI is InChI=1S/C11H20NO3/c1-6-7-9(8(2)13)12-10(14)15-11(3,4)5/h6,8-9,13H,1-2,7H2,3-5H3,(H,12,14)/t8-,9+/m0/s1. The highest BCUT2D eigenvalue weighted by atomic mass is 16.6. The molecule has 0 bridgehead atoms. The van der Waals surface area contributed by atoms with Crippen LogP contribution >= 0.6 is 0 Å². The van der Waals surface area contributed by atoms with Gasteiger partial charge in [0.2, 0.25) is 0 Å². The fourth-order valence-corrected chi connectivity index (χ4v) is 0.951. The van der Waals surface area contributed by atoms with E-state index in [1.165, 1.54) is 0 Å². The largest absolute Gasteiger partial charge is 0.444 e. The summed E-state index contributed by atoms with van der Waals surface area (Å²) in [6, 6.07) is -0.461. The van der Waals surface area contributed by atoms with Crippen LogP contribution in [0.5, 0.6) is 0 Å². The van der Waals surface area contributed by atoms with Crippen LogP contribution in [0.25, 0.3) is 0 Å². The number of alkyl carbamates (subject to hydrolysis) is 1. The third-order valence-electron chi connectivity index (χ3n) is 1.59. The number of ether oxygens (including phenoxy) is 1. The van der Waals surface area contributed by atoms with E-state index < -0.39 is 23.8 Å². The maximum atomic E-state index is 11.3. The highest BCUT2D eigenvalue weighted by Gasteiger charge is 2.21. The van der Waals surface area contributed by atoms with Crippen molar-refractivity contribution in [2.24, 2.45) is 0 Å². The van der Waals surface area contributed by atoms with Crippen molar-refractivity contribution in [3.8, 4) is 0 Å². The molecule has 0 spiro atoms. The molecule has 0 aromatic carbocycles. The van der Waals surface area contributed by atoms with Gasteiger partial charge in [0.15, 0.2) is 0 Å². The topological polar surface area (TPSA) is 58.6 Å². The molecule has 2 N–H and O–H groups in total. The number of hydrogen-bond donors (Lipinski definition) is 2. The fourth-order valence-electron chi connectivity index (χ4n) is 0.951. The first-order valence-corrected chi connectivity index (χ1v) is 4.88. The minimum absolute atomic E-state index is 0.448. The number of aliphatic hydroxyl groups excluding tert-OH is 1. The first-order chi connectivity index (χ1) is 6.76. The van der Waals surface area contributed by atoms with Gasteiger partial charge in [-0.2, -0.15) is 0 Å². The molecule has 4 nitrogen and oxygen atoms in total. The summed E-state index contributed by atoms with van der Waals surface area (Å²) < 4.78 is 5.04. The first kappa shape index (κ1) is 14.0. The molecule has 0 aliphatic rings. The molecule has 2 atom stereocenters. The molecule has 1 radical (unpaired) electrons. The van der Waals surface area contributed by atoms with Crippen molar-refractivity contribution in [2.75, 3.05) is 0 Å². The average Bonchev–Trinajstić information content (AvgIpc) is 1.99. The molecule has 87 valence electrons. The van der Waals surface area contributed by atoms with Gasteiger partial charge in [0.25, 0.3) is 0 Å². The Morgan fingerprint density at radius 2 is 2.13 bits per heavy atom. The van der Waals surface area contributed by atoms with Crippen LogP contribution in [0.1, 0.15) is 27.2 Å². The van der Waals surface area contributed by atoms with Gasteiger partial charge in [-0.3, -0.25) is 0 Å². The Kier molecular flexibility index (Phi) is 5.36. The summed E-state index contributed by atoms with van der Waals surface area (Å²) in [5.74, 6) is 0. The zero-order valence-electron chi connectivity index (χ0n) is 9.62. The second kappa shape index (κ2) is 5.75. The van der Waals surface area contributed by atoms with E-state index in [0.717, 1.165) is 0 Å². The lowest BCUT2D eigenvalue weighted by molar-refractivity contribution is 0.0455. The smallest absolute Gasteiger partial charge is 0.407 e. The predicted molar refractivity (Wildman–Crippen MR) is 59.3 cm³/mol. The van der Waals surface area contributed by atoms with E-state index in [4.69, 9.17) is 4.74 Å². The molecule has 0 unspecified atom stereocenters. The van der Waals surface area contributed by atoms with Gasteiger partial charge < -0.3 is 15.2 Å². The third-order valence-corrected chi connectivity index (χ3v) is 1.59. The Bertz CT molecular complexity index is 218. The van der Waals surface area contributed by atoms with E-state index in [9.17, 15) is 9.90 Å². The number of carbonyl (C=O) groups excluding carboxylic acids is 1. The van der Waals surface area contributed by atoms with Gasteiger partial charge in [-0.15, -0.1) is 6.58 Å². The molecule has 0 aromatic rings. The Hall–Kier alpha value is -1.03. The van der Waals surface area contributed by atoms with Gasteiger partial charge in [0, 0.05) is 0 Å². The quantitative estimate of drug-likeness (QED) is 0.700. The summed E-state index contributed by atoms with van der Waals surface area (Å²) in [6.45, 7) is 12.3. The number of rotatable bonds is 4.